The number of aryl methyl sites for hydroxylation is 1. The van der Waals surface area contributed by atoms with Crippen molar-refractivity contribution in [3.63, 3.8) is 0 Å². The number of carbonyl (C=O) groups is 1. The highest BCUT2D eigenvalue weighted by Gasteiger charge is 2.25. The summed E-state index contributed by atoms with van der Waals surface area (Å²) >= 11 is 0. The van der Waals surface area contributed by atoms with E-state index < -0.39 is 0 Å². The van der Waals surface area contributed by atoms with Crippen molar-refractivity contribution in [2.45, 2.75) is 26.4 Å². The second kappa shape index (κ2) is 7.43. The molecule has 1 amide bonds. The fraction of sp³-hybridized carbons (Fsp3) is 0.562. The Morgan fingerprint density at radius 3 is 3.05 bits per heavy atom. The van der Waals surface area contributed by atoms with Crippen LogP contribution in [0, 0.1) is 6.92 Å². The van der Waals surface area contributed by atoms with E-state index in [0.29, 0.717) is 25.3 Å². The molecular formula is C16H24N2O3. The summed E-state index contributed by atoms with van der Waals surface area (Å²) in [4.78, 5) is 14.5. The third-order valence-corrected chi connectivity index (χ3v) is 3.60. The highest BCUT2D eigenvalue weighted by Crippen LogP contribution is 2.21. The Hall–Kier alpha value is -1.59. The predicted molar refractivity (Wildman–Crippen MR) is 82.7 cm³/mol. The summed E-state index contributed by atoms with van der Waals surface area (Å²) < 4.78 is 5.40. The van der Waals surface area contributed by atoms with Gasteiger partial charge in [-0.1, -0.05) is 13.0 Å². The fourth-order valence-corrected chi connectivity index (χ4v) is 2.44. The summed E-state index contributed by atoms with van der Waals surface area (Å²) in [6, 6.07) is 5.83. The Labute approximate surface area is 125 Å². The average molecular weight is 292 g/mol. The van der Waals surface area contributed by atoms with Crippen LogP contribution in [0.3, 0.4) is 0 Å². The Morgan fingerprint density at radius 2 is 2.33 bits per heavy atom. The molecule has 2 N–H and O–H groups in total. The molecule has 116 valence electrons. The number of morpholine rings is 1. The molecule has 0 aromatic heterocycles. The second-order valence-electron chi connectivity index (χ2n) is 5.40. The lowest BCUT2D eigenvalue weighted by Crippen LogP contribution is -2.47. The summed E-state index contributed by atoms with van der Waals surface area (Å²) in [5.74, 6) is -0.00430. The van der Waals surface area contributed by atoms with Crippen molar-refractivity contribution in [1.82, 2.24) is 4.90 Å². The molecule has 21 heavy (non-hydrogen) atoms. The molecular weight excluding hydrogens is 268 g/mol. The second-order valence-corrected chi connectivity index (χ2v) is 5.40. The van der Waals surface area contributed by atoms with E-state index in [1.165, 1.54) is 0 Å². The number of nitrogens with one attached hydrogen (secondary N) is 1. The molecule has 2 rings (SSSR count). The van der Waals surface area contributed by atoms with Gasteiger partial charge in [0.2, 0.25) is 0 Å². The normalized spacial score (nSPS) is 18.6. The van der Waals surface area contributed by atoms with Crippen LogP contribution in [0.15, 0.2) is 18.2 Å². The topological polar surface area (TPSA) is 61.8 Å². The molecule has 0 saturated carbocycles. The van der Waals surface area contributed by atoms with Gasteiger partial charge in [-0.3, -0.25) is 4.79 Å². The molecule has 0 aliphatic carbocycles. The quantitative estimate of drug-likeness (QED) is 0.866. The molecule has 5 heteroatoms. The van der Waals surface area contributed by atoms with Gasteiger partial charge in [-0.05, 0) is 31.0 Å². The van der Waals surface area contributed by atoms with Crippen LogP contribution < -0.4 is 5.32 Å². The van der Waals surface area contributed by atoms with E-state index in [4.69, 9.17) is 4.74 Å². The lowest BCUT2D eigenvalue weighted by atomic mass is 10.1. The maximum Gasteiger partial charge on any atom is 0.256 e. The third-order valence-electron chi connectivity index (χ3n) is 3.60. The molecule has 1 aromatic rings. The van der Waals surface area contributed by atoms with Gasteiger partial charge in [0.15, 0.2) is 0 Å². The first-order valence-corrected chi connectivity index (χ1v) is 7.52. The van der Waals surface area contributed by atoms with Gasteiger partial charge < -0.3 is 20.1 Å². The smallest absolute Gasteiger partial charge is 0.256 e. The first-order chi connectivity index (χ1) is 10.2. The standard InChI is InChI=1S/C16H24N2O3/c1-3-6-17-15-9-12(2)4-5-14(15)16(20)18-7-8-21-13(10-18)11-19/h4-5,9,13,17,19H,3,6-8,10-11H2,1-2H3. The predicted octanol–water partition coefficient (Wildman–Crippen LogP) is 1.65. The minimum Gasteiger partial charge on any atom is -0.394 e. The van der Waals surface area contributed by atoms with Gasteiger partial charge in [0.05, 0.1) is 24.9 Å². The number of carbonyl (C=O) groups excluding carboxylic acids is 1. The van der Waals surface area contributed by atoms with Crippen LogP contribution in [0.25, 0.3) is 0 Å². The molecule has 1 fully saturated rings. The fourth-order valence-electron chi connectivity index (χ4n) is 2.44. The zero-order chi connectivity index (χ0) is 15.2. The molecule has 0 bridgehead atoms. The number of benzene rings is 1. The van der Waals surface area contributed by atoms with Crippen molar-refractivity contribution >= 4 is 11.6 Å². The van der Waals surface area contributed by atoms with Crippen molar-refractivity contribution in [2.75, 3.05) is 38.2 Å². The van der Waals surface area contributed by atoms with Crippen LogP contribution in [0.1, 0.15) is 29.3 Å². The number of aliphatic hydroxyl groups is 1. The van der Waals surface area contributed by atoms with E-state index in [1.807, 2.05) is 25.1 Å². The van der Waals surface area contributed by atoms with Crippen molar-refractivity contribution in [1.29, 1.82) is 0 Å². The summed E-state index contributed by atoms with van der Waals surface area (Å²) in [5, 5.41) is 12.5. The first kappa shape index (κ1) is 15.8. The van der Waals surface area contributed by atoms with E-state index in [-0.39, 0.29) is 18.6 Å². The van der Waals surface area contributed by atoms with E-state index in [9.17, 15) is 9.90 Å². The number of hydrogen-bond acceptors (Lipinski definition) is 4. The Kier molecular flexibility index (Phi) is 5.59. The van der Waals surface area contributed by atoms with Crippen LogP contribution in [-0.2, 0) is 4.74 Å². The van der Waals surface area contributed by atoms with Gasteiger partial charge in [0.25, 0.3) is 5.91 Å². The largest absolute Gasteiger partial charge is 0.394 e. The summed E-state index contributed by atoms with van der Waals surface area (Å²) in [6.45, 7) is 6.37. The van der Waals surface area contributed by atoms with Crippen molar-refractivity contribution in [3.05, 3.63) is 29.3 Å². The van der Waals surface area contributed by atoms with Gasteiger partial charge in [-0.25, -0.2) is 0 Å². The van der Waals surface area contributed by atoms with Crippen molar-refractivity contribution in [2.24, 2.45) is 0 Å². The van der Waals surface area contributed by atoms with E-state index >= 15 is 0 Å². The van der Waals surface area contributed by atoms with Crippen LogP contribution >= 0.6 is 0 Å². The minimum absolute atomic E-state index is 0.00430. The van der Waals surface area contributed by atoms with Crippen LogP contribution in [0.2, 0.25) is 0 Å². The van der Waals surface area contributed by atoms with E-state index in [0.717, 1.165) is 24.2 Å². The SMILES string of the molecule is CCCNc1cc(C)ccc1C(=O)N1CCOC(CO)C1. The molecule has 1 aromatic carbocycles. The van der Waals surface area contributed by atoms with E-state index in [1.54, 1.807) is 4.90 Å². The molecule has 1 atom stereocenters. The molecule has 1 aliphatic heterocycles. The number of anilines is 1. The maximum absolute atomic E-state index is 12.7. The molecule has 1 unspecified atom stereocenters. The molecule has 0 radical (unpaired) electrons. The first-order valence-electron chi connectivity index (χ1n) is 7.52. The zero-order valence-corrected chi connectivity index (χ0v) is 12.8. The zero-order valence-electron chi connectivity index (χ0n) is 12.8. The van der Waals surface area contributed by atoms with Gasteiger partial charge in [-0.2, -0.15) is 0 Å². The van der Waals surface area contributed by atoms with Crippen LogP contribution in [0.5, 0.6) is 0 Å². The average Bonchev–Trinajstić information content (AvgIpc) is 2.52. The summed E-state index contributed by atoms with van der Waals surface area (Å²) in [5.41, 5.74) is 2.70. The Bertz CT molecular complexity index is 490. The number of amides is 1. The molecule has 0 spiro atoms. The molecule has 1 aliphatic rings. The molecule has 1 saturated heterocycles. The highest BCUT2D eigenvalue weighted by atomic mass is 16.5. The third kappa shape index (κ3) is 3.95. The van der Waals surface area contributed by atoms with Gasteiger partial charge in [0, 0.05) is 25.3 Å². The monoisotopic (exact) mass is 292 g/mol. The van der Waals surface area contributed by atoms with Gasteiger partial charge >= 0.3 is 0 Å². The Balaban J connectivity index is 2.17. The van der Waals surface area contributed by atoms with Gasteiger partial charge in [0.1, 0.15) is 0 Å². The van der Waals surface area contributed by atoms with Gasteiger partial charge in [-0.15, -0.1) is 0 Å². The number of nitrogens with zero attached hydrogens (tertiary/aromatic N) is 1. The van der Waals surface area contributed by atoms with Crippen molar-refractivity contribution < 1.29 is 14.6 Å². The number of hydrogen-bond donors (Lipinski definition) is 2. The lowest BCUT2D eigenvalue weighted by Gasteiger charge is -2.32. The van der Waals surface area contributed by atoms with Crippen LogP contribution in [-0.4, -0.2) is 54.9 Å². The maximum atomic E-state index is 12.7. The number of aliphatic hydroxyl groups excluding tert-OH is 1. The Morgan fingerprint density at radius 1 is 1.52 bits per heavy atom. The minimum atomic E-state index is -0.278. The van der Waals surface area contributed by atoms with Crippen LogP contribution in [0.4, 0.5) is 5.69 Å². The summed E-state index contributed by atoms with van der Waals surface area (Å²) in [7, 11) is 0. The van der Waals surface area contributed by atoms with E-state index in [2.05, 4.69) is 12.2 Å². The lowest BCUT2D eigenvalue weighted by molar-refractivity contribution is -0.0447. The molecule has 1 heterocycles. The molecule has 5 nitrogen and oxygen atoms in total. The number of rotatable bonds is 5. The number of ether oxygens (including phenoxy) is 1. The highest BCUT2D eigenvalue weighted by molar-refractivity contribution is 5.99. The van der Waals surface area contributed by atoms with Crippen molar-refractivity contribution in [3.8, 4) is 0 Å². The summed E-state index contributed by atoms with van der Waals surface area (Å²) in [6.07, 6.45) is 0.728.